The maximum absolute atomic E-state index is 12.1. The van der Waals surface area contributed by atoms with Crippen LogP contribution in [0.25, 0.3) is 10.9 Å². The zero-order valence-electron chi connectivity index (χ0n) is 12.6. The van der Waals surface area contributed by atoms with Gasteiger partial charge in [-0.15, -0.1) is 0 Å². The number of hydrogen-bond acceptors (Lipinski definition) is 2. The van der Waals surface area contributed by atoms with Gasteiger partial charge in [0.1, 0.15) is 0 Å². The quantitative estimate of drug-likeness (QED) is 0.723. The molecule has 122 valence electrons. The first kappa shape index (κ1) is 16.6. The molecule has 0 aliphatic heterocycles. The number of amides is 1. The Labute approximate surface area is 148 Å². The number of nitrogens with one attached hydrogen (secondary N) is 2. The maximum Gasteiger partial charge on any atom is 0.251 e. The van der Waals surface area contributed by atoms with Crippen molar-refractivity contribution in [1.29, 1.82) is 0 Å². The number of pyridine rings is 1. The summed E-state index contributed by atoms with van der Waals surface area (Å²) < 4.78 is 0. The van der Waals surface area contributed by atoms with Gasteiger partial charge in [-0.3, -0.25) is 9.59 Å². The standard InChI is InChI=1S/C18H14Cl2N2O2/c19-14-7-6-13(10-15(14)20)21-17(23)8-5-12-9-11-3-1-2-4-16(11)22-18(12)24/h1-4,6-7,9-10H,5,8H2,(H,21,23)(H,22,24). The zero-order chi connectivity index (χ0) is 17.1. The molecule has 0 radical (unpaired) electrons. The second kappa shape index (κ2) is 7.07. The van der Waals surface area contributed by atoms with Gasteiger partial charge in [-0.25, -0.2) is 0 Å². The fourth-order valence-corrected chi connectivity index (χ4v) is 2.72. The van der Waals surface area contributed by atoms with E-state index in [0.29, 0.717) is 27.7 Å². The summed E-state index contributed by atoms with van der Waals surface area (Å²) in [6.07, 6.45) is 0.551. The molecule has 0 saturated heterocycles. The summed E-state index contributed by atoms with van der Waals surface area (Å²) in [5.41, 5.74) is 1.77. The van der Waals surface area contributed by atoms with Gasteiger partial charge in [-0.2, -0.15) is 0 Å². The van der Waals surface area contributed by atoms with Crippen LogP contribution in [0.3, 0.4) is 0 Å². The summed E-state index contributed by atoms with van der Waals surface area (Å²) in [5, 5.41) is 4.49. The van der Waals surface area contributed by atoms with Crippen LogP contribution in [0.15, 0.2) is 53.3 Å². The lowest BCUT2D eigenvalue weighted by Crippen LogP contribution is -2.17. The molecular formula is C18H14Cl2N2O2. The van der Waals surface area contributed by atoms with E-state index in [1.807, 2.05) is 30.3 Å². The number of benzene rings is 2. The molecule has 0 unspecified atom stereocenters. The van der Waals surface area contributed by atoms with E-state index >= 15 is 0 Å². The molecule has 2 aromatic carbocycles. The Bertz CT molecular complexity index is 967. The van der Waals surface area contributed by atoms with Gasteiger partial charge < -0.3 is 10.3 Å². The second-order valence-electron chi connectivity index (χ2n) is 5.39. The van der Waals surface area contributed by atoms with Crippen LogP contribution in [0.2, 0.25) is 10.0 Å². The highest BCUT2D eigenvalue weighted by molar-refractivity contribution is 6.42. The molecule has 2 N–H and O–H groups in total. The molecule has 1 heterocycles. The molecule has 6 heteroatoms. The minimum absolute atomic E-state index is 0.170. The molecule has 0 aliphatic carbocycles. The van der Waals surface area contributed by atoms with Crippen LogP contribution in [0.5, 0.6) is 0 Å². The van der Waals surface area contributed by atoms with Crippen LogP contribution < -0.4 is 10.9 Å². The van der Waals surface area contributed by atoms with Crippen molar-refractivity contribution < 1.29 is 4.79 Å². The number of hydrogen-bond donors (Lipinski definition) is 2. The Morgan fingerprint density at radius 3 is 2.62 bits per heavy atom. The molecule has 24 heavy (non-hydrogen) atoms. The lowest BCUT2D eigenvalue weighted by atomic mass is 10.1. The van der Waals surface area contributed by atoms with Crippen LogP contribution in [0.4, 0.5) is 5.69 Å². The monoisotopic (exact) mass is 360 g/mol. The third kappa shape index (κ3) is 3.78. The molecule has 1 amide bonds. The number of carbonyl (C=O) groups excluding carboxylic acids is 1. The van der Waals surface area contributed by atoms with Crippen molar-refractivity contribution in [2.45, 2.75) is 12.8 Å². The number of anilines is 1. The molecule has 0 fully saturated rings. The first-order valence-electron chi connectivity index (χ1n) is 7.39. The number of aromatic nitrogens is 1. The smallest absolute Gasteiger partial charge is 0.251 e. The molecule has 0 saturated carbocycles. The summed E-state index contributed by atoms with van der Waals surface area (Å²) >= 11 is 11.8. The molecule has 4 nitrogen and oxygen atoms in total. The number of rotatable bonds is 4. The number of para-hydroxylation sites is 1. The Morgan fingerprint density at radius 1 is 1.04 bits per heavy atom. The Hall–Kier alpha value is -2.30. The van der Waals surface area contributed by atoms with Crippen molar-refractivity contribution in [3.05, 3.63) is 74.5 Å². The van der Waals surface area contributed by atoms with E-state index in [2.05, 4.69) is 10.3 Å². The van der Waals surface area contributed by atoms with Crippen molar-refractivity contribution in [2.75, 3.05) is 5.32 Å². The van der Waals surface area contributed by atoms with Gasteiger partial charge in [0, 0.05) is 23.2 Å². The number of H-pyrrole nitrogens is 1. The van der Waals surface area contributed by atoms with Gasteiger partial charge in [-0.1, -0.05) is 41.4 Å². The minimum Gasteiger partial charge on any atom is -0.326 e. The number of aromatic amines is 1. The van der Waals surface area contributed by atoms with E-state index in [4.69, 9.17) is 23.2 Å². The summed E-state index contributed by atoms with van der Waals surface area (Å²) in [5.74, 6) is -0.194. The van der Waals surface area contributed by atoms with Crippen molar-refractivity contribution in [2.24, 2.45) is 0 Å². The molecule has 1 aromatic heterocycles. The highest BCUT2D eigenvalue weighted by Crippen LogP contribution is 2.25. The lowest BCUT2D eigenvalue weighted by molar-refractivity contribution is -0.116. The third-order valence-electron chi connectivity index (χ3n) is 3.66. The molecule has 3 aromatic rings. The van der Waals surface area contributed by atoms with E-state index in [-0.39, 0.29) is 17.9 Å². The summed E-state index contributed by atoms with van der Waals surface area (Å²) in [6.45, 7) is 0. The van der Waals surface area contributed by atoms with Gasteiger partial charge in [0.15, 0.2) is 0 Å². The molecule has 0 bridgehead atoms. The third-order valence-corrected chi connectivity index (χ3v) is 4.39. The van der Waals surface area contributed by atoms with Gasteiger partial charge in [0.05, 0.1) is 10.0 Å². The minimum atomic E-state index is -0.194. The zero-order valence-corrected chi connectivity index (χ0v) is 14.1. The van der Waals surface area contributed by atoms with E-state index in [1.165, 1.54) is 0 Å². The van der Waals surface area contributed by atoms with Crippen molar-refractivity contribution >= 4 is 45.7 Å². The molecular weight excluding hydrogens is 347 g/mol. The predicted molar refractivity (Wildman–Crippen MR) is 98.0 cm³/mol. The fourth-order valence-electron chi connectivity index (χ4n) is 2.42. The molecule has 0 spiro atoms. The van der Waals surface area contributed by atoms with Crippen LogP contribution >= 0.6 is 23.2 Å². The Morgan fingerprint density at radius 2 is 1.83 bits per heavy atom. The molecule has 0 atom stereocenters. The highest BCUT2D eigenvalue weighted by Gasteiger charge is 2.08. The summed E-state index contributed by atoms with van der Waals surface area (Å²) in [6, 6.07) is 14.2. The summed E-state index contributed by atoms with van der Waals surface area (Å²) in [4.78, 5) is 27.0. The second-order valence-corrected chi connectivity index (χ2v) is 6.20. The van der Waals surface area contributed by atoms with Crippen molar-refractivity contribution in [1.82, 2.24) is 4.98 Å². The van der Waals surface area contributed by atoms with Gasteiger partial charge in [0.25, 0.3) is 5.56 Å². The number of fused-ring (bicyclic) bond motifs is 1. The Kier molecular flexibility index (Phi) is 4.88. The average Bonchev–Trinajstić information content (AvgIpc) is 2.56. The average molecular weight is 361 g/mol. The SMILES string of the molecule is O=C(CCc1cc2ccccc2[nH]c1=O)Nc1ccc(Cl)c(Cl)c1. The van der Waals surface area contributed by atoms with Crippen molar-refractivity contribution in [3.8, 4) is 0 Å². The van der Waals surface area contributed by atoms with E-state index in [0.717, 1.165) is 10.9 Å². The van der Waals surface area contributed by atoms with Crippen LogP contribution in [-0.2, 0) is 11.2 Å². The maximum atomic E-state index is 12.1. The highest BCUT2D eigenvalue weighted by atomic mass is 35.5. The normalized spacial score (nSPS) is 10.8. The largest absolute Gasteiger partial charge is 0.326 e. The number of halogens is 2. The molecule has 3 rings (SSSR count). The van der Waals surface area contributed by atoms with Crippen LogP contribution in [0.1, 0.15) is 12.0 Å². The van der Waals surface area contributed by atoms with Gasteiger partial charge in [0.2, 0.25) is 5.91 Å². The first-order chi connectivity index (χ1) is 11.5. The van der Waals surface area contributed by atoms with Crippen LogP contribution in [0, 0.1) is 0 Å². The van der Waals surface area contributed by atoms with Crippen molar-refractivity contribution in [3.63, 3.8) is 0 Å². The van der Waals surface area contributed by atoms with Gasteiger partial charge >= 0.3 is 0 Å². The Balaban J connectivity index is 1.68. The predicted octanol–water partition coefficient (Wildman–Crippen LogP) is 4.41. The first-order valence-corrected chi connectivity index (χ1v) is 8.14. The van der Waals surface area contributed by atoms with E-state index in [1.54, 1.807) is 18.2 Å². The number of carbonyl (C=O) groups is 1. The topological polar surface area (TPSA) is 62.0 Å². The number of aryl methyl sites for hydroxylation is 1. The fraction of sp³-hybridized carbons (Fsp3) is 0.111. The van der Waals surface area contributed by atoms with E-state index in [9.17, 15) is 9.59 Å². The summed E-state index contributed by atoms with van der Waals surface area (Å²) in [7, 11) is 0. The molecule has 0 aliphatic rings. The van der Waals surface area contributed by atoms with E-state index < -0.39 is 0 Å². The lowest BCUT2D eigenvalue weighted by Gasteiger charge is -2.07. The van der Waals surface area contributed by atoms with Gasteiger partial charge in [-0.05, 0) is 42.1 Å². The van der Waals surface area contributed by atoms with Crippen LogP contribution in [-0.4, -0.2) is 10.9 Å².